The van der Waals surface area contributed by atoms with Crippen LogP contribution in [0.2, 0.25) is 0 Å². The third kappa shape index (κ3) is 5.71. The number of halogens is 1. The SMILES string of the molecule is O=C(NC1CCCCCC1)c1ccc2c(c1)N(Cc1ccc(F)cc1)C(=O)/C(=C/c1ccccc1)S2. The first-order chi connectivity index (χ1) is 17.6. The van der Waals surface area contributed by atoms with Gasteiger partial charge in [-0.05, 0) is 60.4 Å². The Morgan fingerprint density at radius 2 is 1.69 bits per heavy atom. The van der Waals surface area contributed by atoms with Gasteiger partial charge in [0.1, 0.15) is 5.82 Å². The molecule has 6 heteroatoms. The van der Waals surface area contributed by atoms with Crippen LogP contribution in [0.3, 0.4) is 0 Å². The summed E-state index contributed by atoms with van der Waals surface area (Å²) in [5.74, 6) is -0.557. The van der Waals surface area contributed by atoms with Crippen molar-refractivity contribution in [2.24, 2.45) is 0 Å². The van der Waals surface area contributed by atoms with Gasteiger partial charge in [-0.1, -0.05) is 79.9 Å². The quantitative estimate of drug-likeness (QED) is 0.304. The molecule has 0 saturated heterocycles. The summed E-state index contributed by atoms with van der Waals surface area (Å²) in [6.45, 7) is 0.284. The van der Waals surface area contributed by atoms with Crippen LogP contribution in [0.25, 0.3) is 6.08 Å². The van der Waals surface area contributed by atoms with Gasteiger partial charge < -0.3 is 10.2 Å². The third-order valence-corrected chi connectivity index (χ3v) is 7.81. The maximum atomic E-state index is 13.7. The highest BCUT2D eigenvalue weighted by molar-refractivity contribution is 8.04. The van der Waals surface area contributed by atoms with E-state index in [2.05, 4.69) is 5.32 Å². The maximum Gasteiger partial charge on any atom is 0.265 e. The summed E-state index contributed by atoms with van der Waals surface area (Å²) in [5.41, 5.74) is 3.01. The Bertz CT molecular complexity index is 1270. The summed E-state index contributed by atoms with van der Waals surface area (Å²) < 4.78 is 13.5. The van der Waals surface area contributed by atoms with Gasteiger partial charge in [0.05, 0.1) is 17.1 Å². The zero-order valence-electron chi connectivity index (χ0n) is 20.1. The number of carbonyl (C=O) groups is 2. The number of anilines is 1. The number of benzene rings is 3. The third-order valence-electron chi connectivity index (χ3n) is 6.73. The molecule has 4 nitrogen and oxygen atoms in total. The van der Waals surface area contributed by atoms with Gasteiger partial charge in [0.2, 0.25) is 0 Å². The molecule has 0 atom stereocenters. The maximum absolute atomic E-state index is 13.7. The van der Waals surface area contributed by atoms with Crippen molar-refractivity contribution < 1.29 is 14.0 Å². The zero-order chi connectivity index (χ0) is 24.9. The Morgan fingerprint density at radius 1 is 0.972 bits per heavy atom. The number of amides is 2. The largest absolute Gasteiger partial charge is 0.349 e. The highest BCUT2D eigenvalue weighted by atomic mass is 32.2. The Balaban J connectivity index is 1.47. The van der Waals surface area contributed by atoms with E-state index in [0.717, 1.165) is 41.7 Å². The van der Waals surface area contributed by atoms with Crippen molar-refractivity contribution in [3.05, 3.63) is 100 Å². The van der Waals surface area contributed by atoms with Crippen LogP contribution >= 0.6 is 11.8 Å². The van der Waals surface area contributed by atoms with Crippen LogP contribution in [0.4, 0.5) is 10.1 Å². The molecule has 0 aromatic heterocycles. The fourth-order valence-corrected chi connectivity index (χ4v) is 5.81. The number of thioether (sulfide) groups is 1. The van der Waals surface area contributed by atoms with Gasteiger partial charge in [0, 0.05) is 16.5 Å². The van der Waals surface area contributed by atoms with Crippen LogP contribution < -0.4 is 10.2 Å². The number of rotatable bonds is 5. The van der Waals surface area contributed by atoms with Gasteiger partial charge in [-0.3, -0.25) is 9.59 Å². The molecule has 1 N–H and O–H groups in total. The standard InChI is InChI=1S/C30H29FN2O2S/c31-24-15-12-22(13-16-24)20-33-26-19-23(29(34)32-25-10-6-1-2-7-11-25)14-17-27(26)36-28(30(33)35)18-21-8-4-3-5-9-21/h3-5,8-9,12-19,25H,1-2,6-7,10-11,20H2,(H,32,34)/b28-18-. The predicted molar refractivity (Wildman–Crippen MR) is 143 cm³/mol. The van der Waals surface area contributed by atoms with E-state index in [9.17, 15) is 14.0 Å². The van der Waals surface area contributed by atoms with E-state index in [4.69, 9.17) is 0 Å². The van der Waals surface area contributed by atoms with Crippen molar-refractivity contribution in [1.29, 1.82) is 0 Å². The lowest BCUT2D eigenvalue weighted by Gasteiger charge is -2.31. The fraction of sp³-hybridized carbons (Fsp3) is 0.267. The van der Waals surface area contributed by atoms with Gasteiger partial charge in [-0.2, -0.15) is 0 Å². The summed E-state index contributed by atoms with van der Waals surface area (Å²) >= 11 is 1.41. The van der Waals surface area contributed by atoms with E-state index in [0.29, 0.717) is 16.2 Å². The Morgan fingerprint density at radius 3 is 2.42 bits per heavy atom. The van der Waals surface area contributed by atoms with Crippen molar-refractivity contribution in [2.45, 2.75) is 56.0 Å². The number of nitrogens with zero attached hydrogens (tertiary/aromatic N) is 1. The van der Waals surface area contributed by atoms with Crippen LogP contribution in [0.1, 0.15) is 60.0 Å². The van der Waals surface area contributed by atoms with Crippen molar-refractivity contribution >= 4 is 35.3 Å². The molecule has 0 radical (unpaired) electrons. The number of hydrogen-bond donors (Lipinski definition) is 1. The fourth-order valence-electron chi connectivity index (χ4n) is 4.77. The first kappa shape index (κ1) is 24.3. The second-order valence-corrected chi connectivity index (χ2v) is 10.5. The minimum Gasteiger partial charge on any atom is -0.349 e. The van der Waals surface area contributed by atoms with Crippen LogP contribution in [-0.4, -0.2) is 17.9 Å². The van der Waals surface area contributed by atoms with Crippen molar-refractivity contribution in [1.82, 2.24) is 5.32 Å². The van der Waals surface area contributed by atoms with Gasteiger partial charge in [-0.25, -0.2) is 4.39 Å². The second kappa shape index (κ2) is 11.1. The molecule has 184 valence electrons. The highest BCUT2D eigenvalue weighted by Crippen LogP contribution is 2.43. The molecule has 2 aliphatic rings. The van der Waals surface area contributed by atoms with Crippen LogP contribution in [0.15, 0.2) is 82.6 Å². The molecule has 2 amide bonds. The molecule has 1 aliphatic heterocycles. The molecule has 1 heterocycles. The number of fused-ring (bicyclic) bond motifs is 1. The first-order valence-electron chi connectivity index (χ1n) is 12.5. The van der Waals surface area contributed by atoms with E-state index in [-0.39, 0.29) is 30.2 Å². The molecule has 3 aromatic carbocycles. The number of carbonyl (C=O) groups excluding carboxylic acids is 2. The highest BCUT2D eigenvalue weighted by Gasteiger charge is 2.30. The van der Waals surface area contributed by atoms with Crippen LogP contribution in [0, 0.1) is 5.82 Å². The number of hydrogen-bond acceptors (Lipinski definition) is 3. The molecule has 0 bridgehead atoms. The van der Waals surface area contributed by atoms with Gasteiger partial charge in [0.25, 0.3) is 11.8 Å². The average Bonchev–Trinajstić information content (AvgIpc) is 3.16. The molecule has 3 aromatic rings. The second-order valence-electron chi connectivity index (χ2n) is 9.38. The molecular formula is C30H29FN2O2S. The van der Waals surface area contributed by atoms with Crippen molar-refractivity contribution in [3.63, 3.8) is 0 Å². The normalized spacial score (nSPS) is 17.5. The molecule has 0 spiro atoms. The van der Waals surface area contributed by atoms with Gasteiger partial charge >= 0.3 is 0 Å². The van der Waals surface area contributed by atoms with Gasteiger partial charge in [0.15, 0.2) is 0 Å². The topological polar surface area (TPSA) is 49.4 Å². The van der Waals surface area contributed by atoms with E-state index >= 15 is 0 Å². The Hall–Kier alpha value is -3.38. The molecule has 1 saturated carbocycles. The summed E-state index contributed by atoms with van der Waals surface area (Å²) in [5, 5.41) is 3.20. The molecule has 1 fully saturated rings. The molecule has 1 aliphatic carbocycles. The van der Waals surface area contributed by atoms with Crippen molar-refractivity contribution in [3.8, 4) is 0 Å². The Labute approximate surface area is 215 Å². The molecule has 5 rings (SSSR count). The van der Waals surface area contributed by atoms with E-state index in [1.165, 1.54) is 36.7 Å². The summed E-state index contributed by atoms with van der Waals surface area (Å²) in [4.78, 5) is 30.0. The van der Waals surface area contributed by atoms with E-state index < -0.39 is 0 Å². The molecular weight excluding hydrogens is 471 g/mol. The number of nitrogens with one attached hydrogen (secondary N) is 1. The minimum atomic E-state index is -0.318. The smallest absolute Gasteiger partial charge is 0.265 e. The summed E-state index contributed by atoms with van der Waals surface area (Å²) in [7, 11) is 0. The van der Waals surface area contributed by atoms with Gasteiger partial charge in [-0.15, -0.1) is 0 Å². The average molecular weight is 501 g/mol. The summed E-state index contributed by atoms with van der Waals surface area (Å²) in [6, 6.07) is 21.7. The lowest BCUT2D eigenvalue weighted by atomic mass is 10.1. The predicted octanol–water partition coefficient (Wildman–Crippen LogP) is 6.96. The lowest BCUT2D eigenvalue weighted by Crippen LogP contribution is -2.36. The molecule has 0 unspecified atom stereocenters. The molecule has 36 heavy (non-hydrogen) atoms. The Kier molecular flexibility index (Phi) is 7.52. The first-order valence-corrected chi connectivity index (χ1v) is 13.3. The monoisotopic (exact) mass is 500 g/mol. The van der Waals surface area contributed by atoms with Crippen molar-refractivity contribution in [2.75, 3.05) is 4.90 Å². The van der Waals surface area contributed by atoms with Crippen LogP contribution in [-0.2, 0) is 11.3 Å². The van der Waals surface area contributed by atoms with Crippen LogP contribution in [0.5, 0.6) is 0 Å². The zero-order valence-corrected chi connectivity index (χ0v) is 20.9. The summed E-state index contributed by atoms with van der Waals surface area (Å²) in [6.07, 6.45) is 8.64. The van der Waals surface area contributed by atoms with E-state index in [1.54, 1.807) is 17.0 Å². The minimum absolute atomic E-state index is 0.102. The lowest BCUT2D eigenvalue weighted by molar-refractivity contribution is -0.114. The van der Waals surface area contributed by atoms with E-state index in [1.807, 2.05) is 54.6 Å².